The van der Waals surface area contributed by atoms with Crippen molar-refractivity contribution in [1.82, 2.24) is 19.7 Å². The normalized spacial score (nSPS) is 12.7. The molecule has 10 heteroatoms. The molecule has 5 rings (SSSR count). The zero-order valence-electron chi connectivity index (χ0n) is 16.0. The molecule has 7 nitrogen and oxygen atoms in total. The van der Waals surface area contributed by atoms with Gasteiger partial charge in [-0.3, -0.25) is 14.6 Å². The number of thiophene rings is 1. The van der Waals surface area contributed by atoms with Crippen LogP contribution in [0.2, 0.25) is 0 Å². The number of nitrogens with one attached hydrogen (secondary N) is 2. The van der Waals surface area contributed by atoms with Gasteiger partial charge in [-0.1, -0.05) is 6.07 Å². The molecule has 1 amide bonds. The van der Waals surface area contributed by atoms with Crippen molar-refractivity contribution < 1.29 is 13.6 Å². The summed E-state index contributed by atoms with van der Waals surface area (Å²) >= 11 is 1.46. The highest BCUT2D eigenvalue weighted by atomic mass is 32.1. The molecule has 3 heterocycles. The number of aryl methyl sites for hydroxylation is 1. The predicted octanol–water partition coefficient (Wildman–Crippen LogP) is 3.70. The van der Waals surface area contributed by atoms with Gasteiger partial charge >= 0.3 is 0 Å². The van der Waals surface area contributed by atoms with Crippen molar-refractivity contribution in [3.63, 3.8) is 0 Å². The number of carbonyl (C=O) groups is 1. The van der Waals surface area contributed by atoms with E-state index in [1.807, 2.05) is 17.5 Å². The molecule has 0 aliphatic heterocycles. The molecular formula is C21H15F2N5O2S. The third kappa shape index (κ3) is 3.55. The molecule has 0 saturated heterocycles. The van der Waals surface area contributed by atoms with Gasteiger partial charge in [-0.2, -0.15) is 9.78 Å². The van der Waals surface area contributed by atoms with Crippen LogP contribution in [0.15, 0.2) is 46.6 Å². The SMILES string of the molecule is O=C(Nc1cc(-c2cccs2)nn1-c1nc2c(c(=O)[nH]1)CCC2)c1ccc(F)c(F)c1. The van der Waals surface area contributed by atoms with Gasteiger partial charge in [0, 0.05) is 17.2 Å². The summed E-state index contributed by atoms with van der Waals surface area (Å²) in [6.07, 6.45) is 2.23. The van der Waals surface area contributed by atoms with E-state index < -0.39 is 17.5 Å². The number of benzene rings is 1. The number of halogens is 2. The van der Waals surface area contributed by atoms with Crippen molar-refractivity contribution in [3.8, 4) is 16.5 Å². The third-order valence-corrected chi connectivity index (χ3v) is 5.93. The number of carbonyl (C=O) groups excluding carboxylic acids is 1. The van der Waals surface area contributed by atoms with Gasteiger partial charge in [-0.25, -0.2) is 13.8 Å². The maximum Gasteiger partial charge on any atom is 0.256 e. The lowest BCUT2D eigenvalue weighted by Gasteiger charge is -2.09. The third-order valence-electron chi connectivity index (χ3n) is 5.04. The van der Waals surface area contributed by atoms with E-state index in [0.29, 0.717) is 29.8 Å². The second kappa shape index (κ2) is 7.55. The Morgan fingerprint density at radius 3 is 2.81 bits per heavy atom. The number of aromatic nitrogens is 4. The fraction of sp³-hybridized carbons (Fsp3) is 0.143. The minimum atomic E-state index is -1.12. The molecule has 0 bridgehead atoms. The lowest BCUT2D eigenvalue weighted by Crippen LogP contribution is -2.21. The lowest BCUT2D eigenvalue weighted by atomic mass is 10.2. The summed E-state index contributed by atoms with van der Waals surface area (Å²) in [5.41, 5.74) is 1.66. The number of hydrogen-bond acceptors (Lipinski definition) is 5. The van der Waals surface area contributed by atoms with E-state index >= 15 is 0 Å². The molecule has 4 aromatic rings. The van der Waals surface area contributed by atoms with Crippen LogP contribution in [0.25, 0.3) is 16.5 Å². The number of anilines is 1. The number of H-pyrrole nitrogens is 1. The molecule has 2 N–H and O–H groups in total. The second-order valence-corrected chi connectivity index (χ2v) is 8.00. The van der Waals surface area contributed by atoms with Crippen molar-refractivity contribution >= 4 is 23.1 Å². The zero-order valence-corrected chi connectivity index (χ0v) is 16.8. The molecule has 0 radical (unpaired) electrons. The molecule has 0 fully saturated rings. The van der Waals surface area contributed by atoms with Gasteiger partial charge < -0.3 is 5.32 Å². The summed E-state index contributed by atoms with van der Waals surface area (Å²) in [5, 5.41) is 9.06. The molecule has 156 valence electrons. The Labute approximate surface area is 178 Å². The molecular weight excluding hydrogens is 424 g/mol. The van der Waals surface area contributed by atoms with Crippen LogP contribution in [-0.2, 0) is 12.8 Å². The minimum absolute atomic E-state index is 0.0558. The predicted molar refractivity (Wildman–Crippen MR) is 112 cm³/mol. The fourth-order valence-electron chi connectivity index (χ4n) is 3.53. The van der Waals surface area contributed by atoms with Crippen molar-refractivity contribution in [1.29, 1.82) is 0 Å². The Hall–Kier alpha value is -3.66. The maximum atomic E-state index is 13.6. The van der Waals surface area contributed by atoms with Crippen LogP contribution < -0.4 is 10.9 Å². The number of nitrogens with zero attached hydrogens (tertiary/aromatic N) is 3. The zero-order chi connectivity index (χ0) is 21.5. The second-order valence-electron chi connectivity index (χ2n) is 7.06. The van der Waals surface area contributed by atoms with E-state index in [9.17, 15) is 18.4 Å². The quantitative estimate of drug-likeness (QED) is 0.507. The van der Waals surface area contributed by atoms with Crippen molar-refractivity contribution in [3.05, 3.63) is 80.6 Å². The van der Waals surface area contributed by atoms with E-state index in [2.05, 4.69) is 20.4 Å². The maximum absolute atomic E-state index is 13.6. The summed E-state index contributed by atoms with van der Waals surface area (Å²) in [5.74, 6) is -2.40. The first-order valence-corrected chi connectivity index (χ1v) is 10.4. The molecule has 0 spiro atoms. The standard InChI is InChI=1S/C21H15F2N5O2S/c22-13-7-6-11(9-14(13)23)19(29)25-18-10-16(17-5-2-8-31-17)27-28(18)21-24-15-4-1-3-12(15)20(30)26-21/h2,5-10H,1,3-4H2,(H,25,29)(H,24,26,30). The molecule has 3 aromatic heterocycles. The first-order chi connectivity index (χ1) is 15.0. The summed E-state index contributed by atoms with van der Waals surface area (Å²) in [4.78, 5) is 33.3. The fourth-order valence-corrected chi connectivity index (χ4v) is 4.21. The molecule has 0 saturated carbocycles. The number of aromatic amines is 1. The van der Waals surface area contributed by atoms with E-state index in [1.165, 1.54) is 22.1 Å². The molecule has 0 atom stereocenters. The first kappa shape index (κ1) is 19.3. The van der Waals surface area contributed by atoms with Crippen molar-refractivity contribution in [2.45, 2.75) is 19.3 Å². The summed E-state index contributed by atoms with van der Waals surface area (Å²) in [7, 11) is 0. The number of rotatable bonds is 4. The van der Waals surface area contributed by atoms with Crippen molar-refractivity contribution in [2.24, 2.45) is 0 Å². The summed E-state index contributed by atoms with van der Waals surface area (Å²) in [6.45, 7) is 0. The van der Waals surface area contributed by atoms with Gasteiger partial charge in [0.1, 0.15) is 11.5 Å². The monoisotopic (exact) mass is 439 g/mol. The Balaban J connectivity index is 1.58. The Morgan fingerprint density at radius 1 is 1.16 bits per heavy atom. The highest BCUT2D eigenvalue weighted by molar-refractivity contribution is 7.13. The summed E-state index contributed by atoms with van der Waals surface area (Å²) in [6, 6.07) is 8.27. The highest BCUT2D eigenvalue weighted by Crippen LogP contribution is 2.28. The number of fused-ring (bicyclic) bond motifs is 1. The smallest absolute Gasteiger partial charge is 0.256 e. The molecule has 1 aromatic carbocycles. The lowest BCUT2D eigenvalue weighted by molar-refractivity contribution is 0.102. The Morgan fingerprint density at radius 2 is 2.03 bits per heavy atom. The molecule has 1 aliphatic carbocycles. The van der Waals surface area contributed by atoms with Crippen LogP contribution in [0, 0.1) is 11.6 Å². The topological polar surface area (TPSA) is 92.7 Å². The number of amides is 1. The van der Waals surface area contributed by atoms with E-state index in [-0.39, 0.29) is 22.9 Å². The van der Waals surface area contributed by atoms with E-state index in [0.717, 1.165) is 23.4 Å². The van der Waals surface area contributed by atoms with Gasteiger partial charge in [-0.15, -0.1) is 11.3 Å². The largest absolute Gasteiger partial charge is 0.306 e. The van der Waals surface area contributed by atoms with Gasteiger partial charge in [0.2, 0.25) is 5.95 Å². The average molecular weight is 439 g/mol. The minimum Gasteiger partial charge on any atom is -0.306 e. The van der Waals surface area contributed by atoms with Crippen LogP contribution in [0.5, 0.6) is 0 Å². The van der Waals surface area contributed by atoms with Crippen LogP contribution in [0.3, 0.4) is 0 Å². The molecule has 0 unspecified atom stereocenters. The highest BCUT2D eigenvalue weighted by Gasteiger charge is 2.21. The van der Waals surface area contributed by atoms with Crippen molar-refractivity contribution in [2.75, 3.05) is 5.32 Å². The Bertz CT molecular complexity index is 1360. The first-order valence-electron chi connectivity index (χ1n) is 9.52. The van der Waals surface area contributed by atoms with E-state index in [4.69, 9.17) is 0 Å². The van der Waals surface area contributed by atoms with Gasteiger partial charge in [0.25, 0.3) is 11.5 Å². The van der Waals surface area contributed by atoms with Gasteiger partial charge in [0.15, 0.2) is 11.6 Å². The molecule has 1 aliphatic rings. The molecule has 31 heavy (non-hydrogen) atoms. The average Bonchev–Trinajstić information content (AvgIpc) is 3.50. The van der Waals surface area contributed by atoms with Crippen LogP contribution in [-0.4, -0.2) is 25.7 Å². The summed E-state index contributed by atoms with van der Waals surface area (Å²) < 4.78 is 28.1. The van der Waals surface area contributed by atoms with Gasteiger partial charge in [-0.05, 0) is 48.9 Å². The number of hydrogen-bond donors (Lipinski definition) is 2. The van der Waals surface area contributed by atoms with Crippen LogP contribution in [0.4, 0.5) is 14.6 Å². The van der Waals surface area contributed by atoms with Crippen LogP contribution in [0.1, 0.15) is 28.0 Å². The van der Waals surface area contributed by atoms with E-state index in [1.54, 1.807) is 6.07 Å². The Kier molecular flexibility index (Phi) is 4.70. The van der Waals surface area contributed by atoms with Crippen LogP contribution >= 0.6 is 11.3 Å². The van der Waals surface area contributed by atoms with Gasteiger partial charge in [0.05, 0.1) is 10.6 Å².